The van der Waals surface area contributed by atoms with Crippen molar-refractivity contribution in [3.63, 3.8) is 0 Å². The van der Waals surface area contributed by atoms with Crippen LogP contribution in [0.2, 0.25) is 0 Å². The summed E-state index contributed by atoms with van der Waals surface area (Å²) in [6.07, 6.45) is 9.78. The maximum Gasteiger partial charge on any atom is 0.420 e. The maximum atomic E-state index is 13.1. The van der Waals surface area contributed by atoms with Crippen molar-refractivity contribution in [2.24, 2.45) is 17.8 Å². The summed E-state index contributed by atoms with van der Waals surface area (Å²) < 4.78 is 53.3. The van der Waals surface area contributed by atoms with Gasteiger partial charge in [0.05, 0.1) is 78.8 Å². The number of hydrogen-bond acceptors (Lipinski definition) is 23. The number of unbranched alkanes of at least 4 members (excludes halogenated alkanes) is 2. The molecule has 4 aliphatic carbocycles. The normalized spacial score (nSPS) is 16.0. The van der Waals surface area contributed by atoms with E-state index in [4.69, 9.17) is 52.3 Å². The smallest absolute Gasteiger partial charge is 0.420 e. The van der Waals surface area contributed by atoms with Crippen molar-refractivity contribution in [1.29, 1.82) is 0 Å². The molecule has 7 N–H and O–H groups in total. The second kappa shape index (κ2) is 42.7. The number of non-ortho nitro benzene ring substituents is 1. The number of nitro benzene ring substituents is 1. The van der Waals surface area contributed by atoms with Crippen molar-refractivity contribution in [2.45, 2.75) is 174 Å². The number of halogens is 1. The Balaban J connectivity index is 0.000000144. The number of hydrogen-bond donors (Lipinski definition) is 7. The van der Waals surface area contributed by atoms with Gasteiger partial charge in [-0.1, -0.05) is 112 Å². The zero-order valence-electron chi connectivity index (χ0n) is 68.3. The van der Waals surface area contributed by atoms with Crippen molar-refractivity contribution < 1.29 is 82.4 Å². The zero-order valence-corrected chi connectivity index (χ0v) is 69.1. The fraction of sp³-hybridized carbons (Fsp3) is 0.398. The van der Waals surface area contributed by atoms with Gasteiger partial charge in [-0.2, -0.15) is 0 Å². The van der Waals surface area contributed by atoms with Crippen molar-refractivity contribution in [3.05, 3.63) is 225 Å². The third-order valence-corrected chi connectivity index (χ3v) is 21.2. The molecule has 0 spiro atoms. The molecule has 2 unspecified atom stereocenters. The standard InChI is InChI=1S/C19H27N3O5.C19H22N2O4.C17H13N3O2.C13H15FN2O4.C13H18N2O2.C7H6N2S/c1-4-6-8-15(9-7-5-2)27-19(24)21-17-11-10-14(22(25)26)12-16(17)20-18(21)13(3)23;22-10-16-20-17-14(2-1-3-15(17)23)21(16)18(24)25-19-7-11-4-12(8-19)6-13(5-11)9-19;1-18-11-16-19-14-9-5-6-10-15(14)20(16)17(21)22-12-13-7-3-2-4-8-13;1-8(7-19-2)20-13(18)16-11-4-3-9(14)5-10(11)15-12(16)6-17;1-17-10-8-15-12-6-3-2-5-11(12)14-13(15)7-4-9-16;10-7-8-5-3-1-2-4-6(5)9-7/h10-13,15,23H,4-9H2,1-3H3;1-3,11-13,22-23H,4-10H2;2-10H,11-12H2;3-5,8,17H,6-7H2,1-2H3;2-3,5-6,16H,4,7-10H2,1H3;1-4H,(H2,8,9,10). The van der Waals surface area contributed by atoms with Crippen molar-refractivity contribution in [3.8, 4) is 5.75 Å². The largest absolute Gasteiger partial charge is 0.506 e. The molecule has 33 heteroatoms. The molecule has 2 atom stereocenters. The Kier molecular flexibility index (Phi) is 31.6. The number of nitro groups is 1. The lowest BCUT2D eigenvalue weighted by Gasteiger charge is -2.55. The number of phenols is 1. The first kappa shape index (κ1) is 89.6. The number of benzene rings is 7. The van der Waals surface area contributed by atoms with E-state index >= 15 is 0 Å². The molecule has 4 aliphatic rings. The zero-order chi connectivity index (χ0) is 86.3. The molecule has 13 aromatic rings. The molecule has 4 fully saturated rings. The average Bonchev–Trinajstić information content (AvgIpc) is 1.37. The molecule has 17 rings (SSSR count). The van der Waals surface area contributed by atoms with Gasteiger partial charge in [-0.15, -0.1) is 0 Å². The number of rotatable bonds is 24. The van der Waals surface area contributed by atoms with Crippen LogP contribution < -0.4 is 0 Å². The third kappa shape index (κ3) is 22.5. The molecule has 7 aromatic carbocycles. The van der Waals surface area contributed by atoms with E-state index in [1.807, 2.05) is 91.0 Å². The number of phenolic OH excluding ortho intramolecular Hbond substituents is 1. The van der Waals surface area contributed by atoms with Crippen molar-refractivity contribution in [1.82, 2.24) is 57.7 Å². The number of fused-ring (bicyclic) bond motifs is 6. The minimum atomic E-state index is -1.02. The summed E-state index contributed by atoms with van der Waals surface area (Å²) in [5.41, 5.74) is 8.14. The van der Waals surface area contributed by atoms with Crippen LogP contribution in [0.3, 0.4) is 0 Å². The number of carbonyl (C=O) groups is 4. The van der Waals surface area contributed by atoms with Gasteiger partial charge in [-0.25, -0.2) is 73.3 Å². The number of aromatic amines is 2. The van der Waals surface area contributed by atoms with E-state index in [1.165, 1.54) is 89.5 Å². The summed E-state index contributed by atoms with van der Waals surface area (Å²) in [5, 5.41) is 58.8. The van der Waals surface area contributed by atoms with E-state index < -0.39 is 53.9 Å². The number of aromatic nitrogens is 12. The van der Waals surface area contributed by atoms with E-state index in [0.29, 0.717) is 68.1 Å². The lowest BCUT2D eigenvalue weighted by atomic mass is 9.54. The Morgan fingerprint density at radius 1 is 0.628 bits per heavy atom. The van der Waals surface area contributed by atoms with E-state index in [-0.39, 0.29) is 84.6 Å². The lowest BCUT2D eigenvalue weighted by Crippen LogP contribution is -2.53. The molecule has 0 saturated heterocycles. The van der Waals surface area contributed by atoms with Gasteiger partial charge >= 0.3 is 24.4 Å². The van der Waals surface area contributed by atoms with E-state index in [9.17, 15) is 54.1 Å². The summed E-state index contributed by atoms with van der Waals surface area (Å²) >= 11 is 4.90. The van der Waals surface area contributed by atoms with Crippen LogP contribution in [-0.2, 0) is 67.8 Å². The Morgan fingerprint density at radius 2 is 1.17 bits per heavy atom. The first-order chi connectivity index (χ1) is 58.5. The molecule has 31 nitrogen and oxygen atoms in total. The number of nitrogens with one attached hydrogen (secondary N) is 2. The number of imidazole rings is 6. The molecule has 638 valence electrons. The summed E-state index contributed by atoms with van der Waals surface area (Å²) in [5.74, 6) is 3.40. The summed E-state index contributed by atoms with van der Waals surface area (Å²) in [6, 6.07) is 45.5. The molecule has 0 aliphatic heterocycles. The first-order valence-electron chi connectivity index (χ1n) is 40.3. The van der Waals surface area contributed by atoms with E-state index in [0.717, 1.165) is 115 Å². The third-order valence-electron chi connectivity index (χ3n) is 21.0. The summed E-state index contributed by atoms with van der Waals surface area (Å²) in [7, 11) is 3.20. The molecule has 6 aromatic heterocycles. The number of aliphatic hydroxyl groups is 4. The molecule has 6 heterocycles. The second-order valence-corrected chi connectivity index (χ2v) is 30.4. The Hall–Kier alpha value is -12.2. The van der Waals surface area contributed by atoms with Crippen LogP contribution >= 0.6 is 12.2 Å². The topological polar surface area (TPSA) is 393 Å². The van der Waals surface area contributed by atoms with Crippen molar-refractivity contribution >= 4 is 108 Å². The van der Waals surface area contributed by atoms with Gasteiger partial charge in [-0.3, -0.25) is 10.1 Å². The maximum absolute atomic E-state index is 13.1. The quantitative estimate of drug-likeness (QED) is 0.00971. The first-order valence-corrected chi connectivity index (χ1v) is 40.7. The SMILES string of the molecule is CCCCC(CCCC)OC(=O)n1c(C(C)O)nc2cc([N+](=O)[O-])ccc21.COCC(C)OC(=O)n1c(CO)nc2cc(F)ccc21.COCCn1c(CCCO)nc2ccccc21.O=C(OC12CC3CC(CC(C3)C1)C2)n1c(CO)nc2c(O)cccc21.S=c1[nH]c2ccccc2[nH]1.[C-]#[N+]Cc1nc2ccccc2n1C(=O)OCc1ccccc1. The van der Waals surface area contributed by atoms with Gasteiger partial charge < -0.3 is 73.3 Å². The van der Waals surface area contributed by atoms with E-state index in [2.05, 4.69) is 64.2 Å². The molecular weight excluding hydrogens is 1580 g/mol. The van der Waals surface area contributed by atoms with Crippen LogP contribution in [0.25, 0.3) is 71.0 Å². The highest BCUT2D eigenvalue weighted by atomic mass is 32.1. The van der Waals surface area contributed by atoms with Gasteiger partial charge in [0.1, 0.15) is 84.1 Å². The number of para-hydroxylation sites is 7. The predicted molar refractivity (Wildman–Crippen MR) is 453 cm³/mol. The minimum absolute atomic E-state index is 0.00597. The molecule has 0 radical (unpaired) electrons. The second-order valence-electron chi connectivity index (χ2n) is 30.0. The molecule has 121 heavy (non-hydrogen) atoms. The highest BCUT2D eigenvalue weighted by molar-refractivity contribution is 7.71. The number of H-pyrrole nitrogens is 2. The van der Waals surface area contributed by atoms with Gasteiger partial charge in [-0.05, 0) is 174 Å². The Labute approximate surface area is 701 Å². The van der Waals surface area contributed by atoms with Crippen LogP contribution in [0.15, 0.2) is 158 Å². The van der Waals surface area contributed by atoms with Gasteiger partial charge in [0.25, 0.3) is 12.2 Å². The number of aromatic hydroxyl groups is 1. The molecule has 4 saturated carbocycles. The molecule has 0 amide bonds. The molecule has 4 bridgehead atoms. The summed E-state index contributed by atoms with van der Waals surface area (Å²) in [4.78, 5) is 91.5. The van der Waals surface area contributed by atoms with Crippen molar-refractivity contribution in [2.75, 3.05) is 34.0 Å². The van der Waals surface area contributed by atoms with Gasteiger partial charge in [0.2, 0.25) is 0 Å². The predicted octanol–water partition coefficient (Wildman–Crippen LogP) is 17.1. The minimum Gasteiger partial charge on any atom is -0.506 e. The number of carbonyl (C=O) groups excluding carboxylic acids is 4. The van der Waals surface area contributed by atoms with Gasteiger partial charge in [0.15, 0.2) is 10.6 Å². The van der Waals surface area contributed by atoms with Crippen LogP contribution in [0.1, 0.15) is 152 Å². The fourth-order valence-corrected chi connectivity index (χ4v) is 16.2. The highest BCUT2D eigenvalue weighted by Gasteiger charge is 2.53. The summed E-state index contributed by atoms with van der Waals surface area (Å²) in [6.45, 7) is 15.7. The Morgan fingerprint density at radius 3 is 1.79 bits per heavy atom. The highest BCUT2D eigenvalue weighted by Crippen LogP contribution is 2.57. The van der Waals surface area contributed by atoms with Crippen LogP contribution in [-0.4, -0.2) is 164 Å². The van der Waals surface area contributed by atoms with Crippen LogP contribution in [0, 0.1) is 45.0 Å². The average molecular weight is 1680 g/mol. The number of aliphatic hydroxyl groups excluding tert-OH is 4. The van der Waals surface area contributed by atoms with E-state index in [1.54, 1.807) is 32.2 Å². The number of aryl methyl sites for hydroxylation is 1. The van der Waals surface area contributed by atoms with Gasteiger partial charge in [0, 0.05) is 52.0 Å². The monoisotopic (exact) mass is 1680 g/mol. The number of nitrogens with zero attached hydrogens (tertiary/aromatic N) is 12. The fourth-order valence-electron chi connectivity index (χ4n) is 15.9. The number of methoxy groups -OCH3 is 2. The lowest BCUT2D eigenvalue weighted by molar-refractivity contribution is -0.384. The Bertz CT molecular complexity index is 5730. The molecular formula is C88H101FN14O17S. The van der Waals surface area contributed by atoms with Crippen LogP contribution in [0.4, 0.5) is 29.3 Å². The number of ether oxygens (including phenoxy) is 6. The van der Waals surface area contributed by atoms with Crippen LogP contribution in [0.5, 0.6) is 5.75 Å².